The number of hydrogen-bond acceptors (Lipinski definition) is 5. The molecule has 1 saturated heterocycles. The quantitative estimate of drug-likeness (QED) is 0.617. The number of carbonyl (C=O) groups is 1. The average molecular weight is 412 g/mol. The van der Waals surface area contributed by atoms with Gasteiger partial charge in [0.15, 0.2) is 0 Å². The maximum atomic E-state index is 13.3. The van der Waals surface area contributed by atoms with Crippen LogP contribution in [0.25, 0.3) is 0 Å². The van der Waals surface area contributed by atoms with Gasteiger partial charge in [0, 0.05) is 49.2 Å². The Bertz CT molecular complexity index is 963. The van der Waals surface area contributed by atoms with Gasteiger partial charge in [0.2, 0.25) is 5.91 Å². The van der Waals surface area contributed by atoms with Crippen LogP contribution in [0.1, 0.15) is 19.4 Å². The summed E-state index contributed by atoms with van der Waals surface area (Å²) >= 11 is 0. The smallest absolute Gasteiger partial charge is 0.269 e. The van der Waals surface area contributed by atoms with Crippen molar-refractivity contribution in [2.24, 2.45) is 5.92 Å². The predicted octanol–water partition coefficient (Wildman–Crippen LogP) is 3.13. The fraction of sp³-hybridized carbons (Fsp3) is 0.409. The van der Waals surface area contributed by atoms with Crippen LogP contribution in [0.4, 0.5) is 21.5 Å². The van der Waals surface area contributed by atoms with Gasteiger partial charge >= 0.3 is 0 Å². The zero-order valence-corrected chi connectivity index (χ0v) is 17.0. The van der Waals surface area contributed by atoms with Crippen LogP contribution in [0.5, 0.6) is 0 Å². The normalized spacial score (nSPS) is 20.5. The van der Waals surface area contributed by atoms with Crippen molar-refractivity contribution in [1.29, 1.82) is 0 Å². The second kappa shape index (κ2) is 7.93. The molecule has 2 aliphatic rings. The van der Waals surface area contributed by atoms with E-state index in [4.69, 9.17) is 0 Å². The molecule has 0 unspecified atom stereocenters. The summed E-state index contributed by atoms with van der Waals surface area (Å²) in [6.45, 7) is 5.86. The number of piperazine rings is 1. The molecular formula is C22H25FN4O3. The highest BCUT2D eigenvalue weighted by atomic mass is 19.1. The van der Waals surface area contributed by atoms with Crippen LogP contribution in [0.15, 0.2) is 42.5 Å². The van der Waals surface area contributed by atoms with Gasteiger partial charge in [-0.3, -0.25) is 14.9 Å². The first-order valence-electron chi connectivity index (χ1n) is 10.2. The fourth-order valence-electron chi connectivity index (χ4n) is 4.50. The molecule has 2 aromatic carbocycles. The molecule has 0 saturated carbocycles. The Morgan fingerprint density at radius 3 is 2.60 bits per heavy atom. The largest absolute Gasteiger partial charge is 0.368 e. The SMILES string of the molecule is CC(C)NC(=O)[C@H]1Cc2cc([N+](=O)[O-])ccc2N2CCN(c3ccc(F)cc3)C[C@H]12. The highest BCUT2D eigenvalue weighted by Crippen LogP contribution is 2.38. The van der Waals surface area contributed by atoms with E-state index in [0.29, 0.717) is 19.5 Å². The van der Waals surface area contributed by atoms with Crippen molar-refractivity contribution in [3.63, 3.8) is 0 Å². The molecule has 1 N–H and O–H groups in total. The molecule has 1 fully saturated rings. The summed E-state index contributed by atoms with van der Waals surface area (Å²) in [5.74, 6) is -0.650. The van der Waals surface area contributed by atoms with Crippen LogP contribution in [-0.4, -0.2) is 42.5 Å². The summed E-state index contributed by atoms with van der Waals surface area (Å²) in [5.41, 5.74) is 2.76. The molecule has 4 rings (SSSR count). The van der Waals surface area contributed by atoms with E-state index in [9.17, 15) is 19.3 Å². The Morgan fingerprint density at radius 2 is 1.93 bits per heavy atom. The Hall–Kier alpha value is -3.16. The number of benzene rings is 2. The predicted molar refractivity (Wildman–Crippen MR) is 113 cm³/mol. The molecule has 2 heterocycles. The second-order valence-electron chi connectivity index (χ2n) is 8.23. The van der Waals surface area contributed by atoms with E-state index < -0.39 is 4.92 Å². The molecule has 2 atom stereocenters. The van der Waals surface area contributed by atoms with Crippen molar-refractivity contribution < 1.29 is 14.1 Å². The summed E-state index contributed by atoms with van der Waals surface area (Å²) in [7, 11) is 0. The third-order valence-corrected chi connectivity index (χ3v) is 5.87. The molecule has 30 heavy (non-hydrogen) atoms. The molecule has 2 aliphatic heterocycles. The van der Waals surface area contributed by atoms with Gasteiger partial charge in [-0.1, -0.05) is 0 Å². The monoisotopic (exact) mass is 412 g/mol. The van der Waals surface area contributed by atoms with Crippen LogP contribution in [0.2, 0.25) is 0 Å². The number of carbonyl (C=O) groups excluding carboxylic acids is 1. The first-order valence-corrected chi connectivity index (χ1v) is 10.2. The van der Waals surface area contributed by atoms with E-state index in [1.54, 1.807) is 24.3 Å². The van der Waals surface area contributed by atoms with Gasteiger partial charge in [0.05, 0.1) is 16.9 Å². The Labute approximate surface area is 174 Å². The lowest BCUT2D eigenvalue weighted by atomic mass is 9.83. The van der Waals surface area contributed by atoms with Crippen molar-refractivity contribution >= 4 is 23.0 Å². The lowest BCUT2D eigenvalue weighted by Gasteiger charge is -2.49. The molecule has 8 heteroatoms. The summed E-state index contributed by atoms with van der Waals surface area (Å²) in [5, 5.41) is 14.2. The molecule has 0 bridgehead atoms. The number of anilines is 2. The highest BCUT2D eigenvalue weighted by Gasteiger charge is 2.42. The lowest BCUT2D eigenvalue weighted by molar-refractivity contribution is -0.384. The Morgan fingerprint density at radius 1 is 1.20 bits per heavy atom. The molecule has 7 nitrogen and oxygen atoms in total. The van der Waals surface area contributed by atoms with Gasteiger partial charge < -0.3 is 15.1 Å². The van der Waals surface area contributed by atoms with Crippen molar-refractivity contribution in [2.45, 2.75) is 32.4 Å². The van der Waals surface area contributed by atoms with Crippen molar-refractivity contribution in [3.8, 4) is 0 Å². The molecule has 0 aromatic heterocycles. The number of nitrogens with one attached hydrogen (secondary N) is 1. The molecule has 0 radical (unpaired) electrons. The summed E-state index contributed by atoms with van der Waals surface area (Å²) in [4.78, 5) is 28.2. The van der Waals surface area contributed by atoms with Gasteiger partial charge in [0.25, 0.3) is 5.69 Å². The third-order valence-electron chi connectivity index (χ3n) is 5.87. The lowest BCUT2D eigenvalue weighted by Crippen LogP contribution is -2.61. The number of fused-ring (bicyclic) bond motifs is 3. The van der Waals surface area contributed by atoms with Crippen LogP contribution < -0.4 is 15.1 Å². The van der Waals surface area contributed by atoms with Crippen LogP contribution in [0.3, 0.4) is 0 Å². The van der Waals surface area contributed by atoms with Gasteiger partial charge in [-0.15, -0.1) is 0 Å². The van der Waals surface area contributed by atoms with E-state index in [0.717, 1.165) is 23.5 Å². The van der Waals surface area contributed by atoms with Gasteiger partial charge in [-0.05, 0) is 56.2 Å². The second-order valence-corrected chi connectivity index (χ2v) is 8.23. The van der Waals surface area contributed by atoms with Crippen molar-refractivity contribution in [2.75, 3.05) is 29.4 Å². The third kappa shape index (κ3) is 3.81. The number of non-ortho nitro benzene ring substituents is 1. The summed E-state index contributed by atoms with van der Waals surface area (Å²) in [6, 6.07) is 11.3. The maximum Gasteiger partial charge on any atom is 0.269 e. The van der Waals surface area contributed by atoms with Gasteiger partial charge in [0.1, 0.15) is 5.82 Å². The number of halogens is 1. The fourth-order valence-corrected chi connectivity index (χ4v) is 4.50. The molecule has 0 spiro atoms. The van der Waals surface area contributed by atoms with Gasteiger partial charge in [-0.2, -0.15) is 0 Å². The number of nitrogens with zero attached hydrogens (tertiary/aromatic N) is 3. The molecule has 0 aliphatic carbocycles. The Kier molecular flexibility index (Phi) is 5.32. The van der Waals surface area contributed by atoms with Crippen LogP contribution in [0, 0.1) is 21.8 Å². The number of nitro benzene ring substituents is 1. The van der Waals surface area contributed by atoms with Crippen LogP contribution in [-0.2, 0) is 11.2 Å². The van der Waals surface area contributed by atoms with Crippen molar-refractivity contribution in [3.05, 3.63) is 64.0 Å². The summed E-state index contributed by atoms with van der Waals surface area (Å²) in [6.07, 6.45) is 0.452. The average Bonchev–Trinajstić information content (AvgIpc) is 2.72. The van der Waals surface area contributed by atoms with E-state index in [1.807, 2.05) is 13.8 Å². The number of nitro groups is 1. The van der Waals surface area contributed by atoms with Crippen LogP contribution >= 0.6 is 0 Å². The zero-order valence-electron chi connectivity index (χ0n) is 17.0. The highest BCUT2D eigenvalue weighted by molar-refractivity contribution is 5.82. The summed E-state index contributed by atoms with van der Waals surface area (Å²) < 4.78 is 13.3. The van der Waals surface area contributed by atoms with E-state index in [-0.39, 0.29) is 35.4 Å². The molecular weight excluding hydrogens is 387 g/mol. The molecule has 158 valence electrons. The van der Waals surface area contributed by atoms with E-state index >= 15 is 0 Å². The minimum absolute atomic E-state index is 0.00856. The van der Waals surface area contributed by atoms with Gasteiger partial charge in [-0.25, -0.2) is 4.39 Å². The van der Waals surface area contributed by atoms with E-state index in [2.05, 4.69) is 15.1 Å². The zero-order chi connectivity index (χ0) is 21.4. The minimum Gasteiger partial charge on any atom is -0.368 e. The number of rotatable bonds is 4. The topological polar surface area (TPSA) is 78.7 Å². The van der Waals surface area contributed by atoms with Crippen molar-refractivity contribution in [1.82, 2.24) is 5.32 Å². The van der Waals surface area contributed by atoms with E-state index in [1.165, 1.54) is 18.2 Å². The minimum atomic E-state index is -0.401. The first kappa shape index (κ1) is 20.1. The Balaban J connectivity index is 1.68. The first-order chi connectivity index (χ1) is 14.3. The number of hydrogen-bond donors (Lipinski definition) is 1. The molecule has 2 aromatic rings. The standard InChI is InChI=1S/C22H25FN4O3/c1-14(2)24-22(28)19-12-15-11-18(27(29)30)7-8-20(15)26-10-9-25(13-21(19)26)17-5-3-16(23)4-6-17/h3-8,11,14,19,21H,9-10,12-13H2,1-2H3,(H,24,28)/t19-,21+/m0/s1. The maximum absolute atomic E-state index is 13.3. The number of amides is 1. The molecule has 1 amide bonds.